The molecule has 0 radical (unpaired) electrons. The fourth-order valence-electron chi connectivity index (χ4n) is 4.70. The molecule has 1 aromatic rings. The first-order valence-corrected chi connectivity index (χ1v) is 10.7. The highest BCUT2D eigenvalue weighted by Gasteiger charge is 2.31. The van der Waals surface area contributed by atoms with E-state index in [1.54, 1.807) is 6.92 Å². The Morgan fingerprint density at radius 1 is 1.11 bits per heavy atom. The van der Waals surface area contributed by atoms with Gasteiger partial charge < -0.3 is 9.80 Å². The summed E-state index contributed by atoms with van der Waals surface area (Å²) in [5.74, 6) is 1.43. The lowest BCUT2D eigenvalue weighted by molar-refractivity contribution is -0.137. The van der Waals surface area contributed by atoms with Crippen LogP contribution in [-0.4, -0.2) is 75.2 Å². The van der Waals surface area contributed by atoms with Crippen LogP contribution in [0.3, 0.4) is 0 Å². The third-order valence-corrected chi connectivity index (χ3v) is 6.56. The van der Waals surface area contributed by atoms with Crippen LogP contribution in [-0.2, 0) is 22.6 Å². The number of amides is 2. The molecular weight excluding hydrogens is 354 g/mol. The van der Waals surface area contributed by atoms with Crippen molar-refractivity contribution in [1.29, 1.82) is 0 Å². The molecule has 0 aliphatic carbocycles. The van der Waals surface area contributed by atoms with Crippen molar-refractivity contribution < 1.29 is 9.59 Å². The molecule has 0 aromatic carbocycles. The molecule has 28 heavy (non-hydrogen) atoms. The second kappa shape index (κ2) is 8.15. The van der Waals surface area contributed by atoms with E-state index in [0.29, 0.717) is 13.1 Å². The van der Waals surface area contributed by atoms with Gasteiger partial charge in [0.2, 0.25) is 11.8 Å². The number of hydrogen-bond acceptors (Lipinski definition) is 5. The van der Waals surface area contributed by atoms with Gasteiger partial charge in [-0.3, -0.25) is 14.5 Å². The van der Waals surface area contributed by atoms with Crippen LogP contribution >= 0.6 is 0 Å². The fraction of sp³-hybridized carbons (Fsp3) is 0.714. The molecule has 2 fully saturated rings. The van der Waals surface area contributed by atoms with Crippen molar-refractivity contribution >= 4 is 11.8 Å². The Labute approximate surface area is 167 Å². The quantitative estimate of drug-likeness (QED) is 0.790. The zero-order chi connectivity index (χ0) is 19.7. The maximum Gasteiger partial charge on any atom is 0.239 e. The lowest BCUT2D eigenvalue weighted by atomic mass is 10.0. The smallest absolute Gasteiger partial charge is 0.239 e. The standard InChI is InChI=1S/C21H31N5O2/c1-15(24-8-4-3-5-9-24)21(28)26-11-7-19-18(14-26)12-22-20(23-19)17-6-10-25(13-17)16(2)27/h12,15,17H,3-11,13-14H2,1-2H3/t15-,17-/m1/s1. The highest BCUT2D eigenvalue weighted by Crippen LogP contribution is 2.27. The summed E-state index contributed by atoms with van der Waals surface area (Å²) in [4.78, 5) is 40.1. The molecule has 0 spiro atoms. The van der Waals surface area contributed by atoms with Crippen molar-refractivity contribution in [2.45, 2.75) is 64.5 Å². The average Bonchev–Trinajstić information content (AvgIpc) is 3.23. The van der Waals surface area contributed by atoms with Gasteiger partial charge in [-0.1, -0.05) is 6.42 Å². The van der Waals surface area contributed by atoms with E-state index in [0.717, 1.165) is 56.1 Å². The molecule has 2 amide bonds. The summed E-state index contributed by atoms with van der Waals surface area (Å²) in [7, 11) is 0. The van der Waals surface area contributed by atoms with E-state index in [4.69, 9.17) is 4.98 Å². The summed E-state index contributed by atoms with van der Waals surface area (Å²) < 4.78 is 0. The van der Waals surface area contributed by atoms with Gasteiger partial charge in [-0.05, 0) is 39.3 Å². The summed E-state index contributed by atoms with van der Waals surface area (Å²) in [5, 5.41) is 0. The lowest BCUT2D eigenvalue weighted by Crippen LogP contribution is -2.50. The van der Waals surface area contributed by atoms with E-state index >= 15 is 0 Å². The molecule has 4 rings (SSSR count). The Bertz CT molecular complexity index is 746. The third kappa shape index (κ3) is 3.90. The maximum atomic E-state index is 13.0. The van der Waals surface area contributed by atoms with Crippen LogP contribution in [0.15, 0.2) is 6.20 Å². The zero-order valence-electron chi connectivity index (χ0n) is 17.1. The van der Waals surface area contributed by atoms with E-state index in [1.165, 1.54) is 19.3 Å². The first-order chi connectivity index (χ1) is 13.5. The molecule has 1 aromatic heterocycles. The minimum absolute atomic E-state index is 0.0434. The normalized spacial score (nSPS) is 24.1. The predicted octanol–water partition coefficient (Wildman–Crippen LogP) is 1.57. The molecule has 7 heteroatoms. The van der Waals surface area contributed by atoms with Gasteiger partial charge in [0, 0.05) is 57.2 Å². The second-order valence-electron chi connectivity index (χ2n) is 8.43. The molecule has 0 unspecified atom stereocenters. The molecule has 3 aliphatic rings. The number of nitrogens with zero attached hydrogens (tertiary/aromatic N) is 5. The Balaban J connectivity index is 1.40. The van der Waals surface area contributed by atoms with Crippen LogP contribution in [0.25, 0.3) is 0 Å². The first-order valence-electron chi connectivity index (χ1n) is 10.7. The molecular formula is C21H31N5O2. The van der Waals surface area contributed by atoms with Gasteiger partial charge >= 0.3 is 0 Å². The number of carbonyl (C=O) groups excluding carboxylic acids is 2. The molecule has 0 bridgehead atoms. The van der Waals surface area contributed by atoms with Crippen LogP contribution in [0.2, 0.25) is 0 Å². The van der Waals surface area contributed by atoms with Crippen LogP contribution in [0.4, 0.5) is 0 Å². The number of rotatable bonds is 3. The average molecular weight is 386 g/mol. The number of fused-ring (bicyclic) bond motifs is 1. The summed E-state index contributed by atoms with van der Waals surface area (Å²) in [6.45, 7) is 8.56. The topological polar surface area (TPSA) is 69.6 Å². The largest absolute Gasteiger partial charge is 0.342 e. The molecule has 0 N–H and O–H groups in total. The minimum Gasteiger partial charge on any atom is -0.342 e. The Hall–Kier alpha value is -2.02. The maximum absolute atomic E-state index is 13.0. The van der Waals surface area contributed by atoms with Gasteiger partial charge in [0.05, 0.1) is 11.7 Å². The zero-order valence-corrected chi connectivity index (χ0v) is 17.1. The summed E-state index contributed by atoms with van der Waals surface area (Å²) in [6.07, 6.45) is 7.28. The number of carbonyl (C=O) groups is 2. The Morgan fingerprint density at radius 2 is 1.89 bits per heavy atom. The third-order valence-electron chi connectivity index (χ3n) is 6.56. The Morgan fingerprint density at radius 3 is 2.61 bits per heavy atom. The highest BCUT2D eigenvalue weighted by molar-refractivity contribution is 5.81. The number of piperidine rings is 1. The van der Waals surface area contributed by atoms with Crippen molar-refractivity contribution in [3.63, 3.8) is 0 Å². The lowest BCUT2D eigenvalue weighted by Gasteiger charge is -2.36. The minimum atomic E-state index is -0.0434. The molecule has 7 nitrogen and oxygen atoms in total. The number of likely N-dealkylation sites (tertiary alicyclic amines) is 2. The van der Waals surface area contributed by atoms with E-state index in [2.05, 4.69) is 9.88 Å². The van der Waals surface area contributed by atoms with E-state index in [9.17, 15) is 9.59 Å². The number of hydrogen-bond donors (Lipinski definition) is 0. The fourth-order valence-corrected chi connectivity index (χ4v) is 4.70. The summed E-state index contributed by atoms with van der Waals surface area (Å²) in [5.41, 5.74) is 2.14. The van der Waals surface area contributed by atoms with Gasteiger partial charge in [0.1, 0.15) is 5.82 Å². The van der Waals surface area contributed by atoms with Crippen molar-refractivity contribution in [3.05, 3.63) is 23.3 Å². The number of aromatic nitrogens is 2. The second-order valence-corrected chi connectivity index (χ2v) is 8.43. The van der Waals surface area contributed by atoms with E-state index in [-0.39, 0.29) is 23.8 Å². The molecule has 3 aliphatic heterocycles. The van der Waals surface area contributed by atoms with Gasteiger partial charge in [-0.25, -0.2) is 9.97 Å². The molecule has 4 heterocycles. The SMILES string of the molecule is CC(=O)N1CC[C@@H](c2ncc3c(n2)CCN(C(=O)[C@@H](C)N2CCCCC2)C3)C1. The molecule has 152 valence electrons. The summed E-state index contributed by atoms with van der Waals surface area (Å²) in [6, 6.07) is -0.0434. The molecule has 2 saturated heterocycles. The highest BCUT2D eigenvalue weighted by atomic mass is 16.2. The van der Waals surface area contributed by atoms with E-state index < -0.39 is 0 Å². The molecule has 2 atom stereocenters. The van der Waals surface area contributed by atoms with Crippen LogP contribution in [0, 0.1) is 0 Å². The monoisotopic (exact) mass is 385 g/mol. The van der Waals surface area contributed by atoms with Gasteiger partial charge in [-0.15, -0.1) is 0 Å². The van der Waals surface area contributed by atoms with Crippen LogP contribution < -0.4 is 0 Å². The Kier molecular flexibility index (Phi) is 5.62. The van der Waals surface area contributed by atoms with Crippen molar-refractivity contribution in [2.75, 3.05) is 32.7 Å². The predicted molar refractivity (Wildman–Crippen MR) is 106 cm³/mol. The van der Waals surface area contributed by atoms with Gasteiger partial charge in [0.15, 0.2) is 0 Å². The van der Waals surface area contributed by atoms with Gasteiger partial charge in [-0.2, -0.15) is 0 Å². The first kappa shape index (κ1) is 19.3. The molecule has 0 saturated carbocycles. The van der Waals surface area contributed by atoms with Crippen molar-refractivity contribution in [1.82, 2.24) is 24.7 Å². The van der Waals surface area contributed by atoms with Gasteiger partial charge in [0.25, 0.3) is 0 Å². The van der Waals surface area contributed by atoms with Crippen molar-refractivity contribution in [2.24, 2.45) is 0 Å². The van der Waals surface area contributed by atoms with E-state index in [1.807, 2.05) is 22.9 Å². The summed E-state index contributed by atoms with van der Waals surface area (Å²) >= 11 is 0. The van der Waals surface area contributed by atoms with Crippen molar-refractivity contribution in [3.8, 4) is 0 Å². The van der Waals surface area contributed by atoms with Crippen LogP contribution in [0.5, 0.6) is 0 Å². The van der Waals surface area contributed by atoms with Crippen LogP contribution in [0.1, 0.15) is 62.5 Å².